The van der Waals surface area contributed by atoms with Crippen LogP contribution in [0.15, 0.2) is 34.5 Å². The zero-order chi connectivity index (χ0) is 13.1. The number of rotatable bonds is 3. The smallest absolute Gasteiger partial charge is 0.129 e. The number of nitrogens with one attached hydrogen (secondary N) is 1. The highest BCUT2D eigenvalue weighted by Gasteiger charge is 2.04. The summed E-state index contributed by atoms with van der Waals surface area (Å²) in [6.07, 6.45) is 0. The van der Waals surface area contributed by atoms with E-state index in [1.165, 1.54) is 5.56 Å². The maximum atomic E-state index is 4.24. The van der Waals surface area contributed by atoms with Crippen molar-refractivity contribution in [3.8, 4) is 0 Å². The van der Waals surface area contributed by atoms with Gasteiger partial charge in [-0.15, -0.1) is 5.11 Å². The molecule has 0 saturated heterocycles. The summed E-state index contributed by atoms with van der Waals surface area (Å²) in [6, 6.07) is 8.16. The second-order valence-corrected chi connectivity index (χ2v) is 4.73. The number of aromatic amines is 1. The summed E-state index contributed by atoms with van der Waals surface area (Å²) in [5, 5.41) is 15.5. The van der Waals surface area contributed by atoms with Crippen LogP contribution in [0.3, 0.4) is 0 Å². The molecule has 4 nitrogen and oxygen atoms in total. The van der Waals surface area contributed by atoms with Crippen molar-refractivity contribution in [1.29, 1.82) is 0 Å². The van der Waals surface area contributed by atoms with Crippen molar-refractivity contribution in [2.24, 2.45) is 10.2 Å². The van der Waals surface area contributed by atoms with Crippen LogP contribution in [0, 0.1) is 13.8 Å². The molecule has 0 fully saturated rings. The Bertz CT molecular complexity index is 530. The van der Waals surface area contributed by atoms with Crippen molar-refractivity contribution < 1.29 is 0 Å². The number of aryl methyl sites for hydroxylation is 2. The van der Waals surface area contributed by atoms with Gasteiger partial charge in [-0.25, -0.2) is 0 Å². The minimum atomic E-state index is 0.536. The summed E-state index contributed by atoms with van der Waals surface area (Å²) in [4.78, 5) is 0. The number of benzene rings is 1. The van der Waals surface area contributed by atoms with Crippen molar-refractivity contribution in [3.05, 3.63) is 41.2 Å². The van der Waals surface area contributed by atoms with Crippen LogP contribution in [0.1, 0.15) is 36.7 Å². The molecule has 0 amide bonds. The largest absolute Gasteiger partial charge is 0.280 e. The van der Waals surface area contributed by atoms with Gasteiger partial charge in [0.1, 0.15) is 5.69 Å². The molecule has 0 atom stereocenters. The van der Waals surface area contributed by atoms with Crippen molar-refractivity contribution in [2.45, 2.75) is 33.6 Å². The molecule has 0 bridgehead atoms. The Morgan fingerprint density at radius 1 is 1.06 bits per heavy atom. The molecular weight excluding hydrogens is 224 g/mol. The molecule has 4 heteroatoms. The van der Waals surface area contributed by atoms with Gasteiger partial charge in [0.05, 0.1) is 17.1 Å². The van der Waals surface area contributed by atoms with Crippen LogP contribution < -0.4 is 0 Å². The zero-order valence-electron chi connectivity index (χ0n) is 11.2. The Balaban J connectivity index is 2.19. The second-order valence-electron chi connectivity index (χ2n) is 4.73. The highest BCUT2D eigenvalue weighted by Crippen LogP contribution is 2.24. The highest BCUT2D eigenvalue weighted by molar-refractivity contribution is 5.46. The molecule has 1 N–H and O–H groups in total. The molecule has 18 heavy (non-hydrogen) atoms. The van der Waals surface area contributed by atoms with E-state index in [0.29, 0.717) is 5.92 Å². The Morgan fingerprint density at radius 3 is 2.22 bits per heavy atom. The zero-order valence-corrected chi connectivity index (χ0v) is 11.2. The Kier molecular flexibility index (Phi) is 3.55. The van der Waals surface area contributed by atoms with Crippen LogP contribution in [0.4, 0.5) is 11.4 Å². The lowest BCUT2D eigenvalue weighted by Crippen LogP contribution is -1.84. The van der Waals surface area contributed by atoms with Gasteiger partial charge in [0.15, 0.2) is 0 Å². The van der Waals surface area contributed by atoms with Gasteiger partial charge in [0.2, 0.25) is 0 Å². The molecule has 1 aromatic heterocycles. The van der Waals surface area contributed by atoms with Gasteiger partial charge in [-0.1, -0.05) is 26.0 Å². The first-order valence-corrected chi connectivity index (χ1v) is 6.11. The third-order valence-electron chi connectivity index (χ3n) is 2.91. The first-order valence-electron chi connectivity index (χ1n) is 6.11. The summed E-state index contributed by atoms with van der Waals surface area (Å²) in [5.74, 6) is 0.536. The van der Waals surface area contributed by atoms with Crippen LogP contribution in [0.2, 0.25) is 0 Å². The normalized spacial score (nSPS) is 11.6. The number of H-pyrrole nitrogens is 1. The number of hydrogen-bond acceptors (Lipinski definition) is 3. The first kappa shape index (κ1) is 12.5. The van der Waals surface area contributed by atoms with Gasteiger partial charge in [-0.05, 0) is 37.5 Å². The number of hydrogen-bond donors (Lipinski definition) is 1. The predicted octanol–water partition coefficient (Wildman–Crippen LogP) is 4.57. The fraction of sp³-hybridized carbons (Fsp3) is 0.357. The standard InChI is InChI=1S/C14H18N4/c1-9(2)12-5-7-13(8-6-12)17-18-14-10(3)15-16-11(14)4/h5-9H,1-4H3,(H,15,16). The van der Waals surface area contributed by atoms with Crippen LogP contribution in [0.25, 0.3) is 0 Å². The van der Waals surface area contributed by atoms with Gasteiger partial charge in [-0.2, -0.15) is 10.2 Å². The summed E-state index contributed by atoms with van der Waals surface area (Å²) < 4.78 is 0. The van der Waals surface area contributed by atoms with Crippen LogP contribution >= 0.6 is 0 Å². The molecule has 1 aromatic carbocycles. The van der Waals surface area contributed by atoms with Gasteiger partial charge in [0.25, 0.3) is 0 Å². The molecule has 1 heterocycles. The molecular formula is C14H18N4. The van der Waals surface area contributed by atoms with E-state index in [4.69, 9.17) is 0 Å². The summed E-state index contributed by atoms with van der Waals surface area (Å²) in [6.45, 7) is 8.21. The van der Waals surface area contributed by atoms with E-state index in [9.17, 15) is 0 Å². The third-order valence-corrected chi connectivity index (χ3v) is 2.91. The Hall–Kier alpha value is -1.97. The summed E-state index contributed by atoms with van der Waals surface area (Å²) in [5.41, 5.74) is 4.80. The fourth-order valence-corrected chi connectivity index (χ4v) is 1.73. The maximum Gasteiger partial charge on any atom is 0.129 e. The average Bonchev–Trinajstić information content (AvgIpc) is 2.67. The van der Waals surface area contributed by atoms with Crippen molar-refractivity contribution >= 4 is 11.4 Å². The highest BCUT2D eigenvalue weighted by atomic mass is 15.2. The lowest BCUT2D eigenvalue weighted by molar-refractivity contribution is 0.866. The molecule has 0 unspecified atom stereocenters. The van der Waals surface area contributed by atoms with E-state index in [-0.39, 0.29) is 0 Å². The van der Waals surface area contributed by atoms with Crippen molar-refractivity contribution in [2.75, 3.05) is 0 Å². The number of nitrogens with zero attached hydrogens (tertiary/aromatic N) is 3. The lowest BCUT2D eigenvalue weighted by atomic mass is 10.0. The molecule has 0 radical (unpaired) electrons. The molecule has 0 aliphatic heterocycles. The molecule has 0 saturated carbocycles. The number of azo groups is 1. The maximum absolute atomic E-state index is 4.24. The minimum absolute atomic E-state index is 0.536. The monoisotopic (exact) mass is 242 g/mol. The van der Waals surface area contributed by atoms with E-state index in [2.05, 4.69) is 46.4 Å². The third kappa shape index (κ3) is 2.64. The van der Waals surface area contributed by atoms with Gasteiger partial charge in [-0.3, -0.25) is 5.10 Å². The van der Waals surface area contributed by atoms with Gasteiger partial charge < -0.3 is 0 Å². The molecule has 0 aliphatic rings. The SMILES string of the molecule is Cc1n[nH]c(C)c1N=Nc1ccc(C(C)C)cc1. The van der Waals surface area contributed by atoms with Gasteiger partial charge in [0, 0.05) is 0 Å². The van der Waals surface area contributed by atoms with Gasteiger partial charge >= 0.3 is 0 Å². The lowest BCUT2D eigenvalue weighted by Gasteiger charge is -2.03. The predicted molar refractivity (Wildman–Crippen MR) is 72.8 cm³/mol. The average molecular weight is 242 g/mol. The van der Waals surface area contributed by atoms with Crippen LogP contribution in [-0.2, 0) is 0 Å². The molecule has 94 valence electrons. The summed E-state index contributed by atoms with van der Waals surface area (Å²) >= 11 is 0. The van der Waals surface area contributed by atoms with E-state index < -0.39 is 0 Å². The van der Waals surface area contributed by atoms with E-state index in [1.807, 2.05) is 26.0 Å². The van der Waals surface area contributed by atoms with E-state index in [0.717, 1.165) is 22.8 Å². The van der Waals surface area contributed by atoms with E-state index >= 15 is 0 Å². The molecule has 0 spiro atoms. The second kappa shape index (κ2) is 5.12. The topological polar surface area (TPSA) is 53.4 Å². The van der Waals surface area contributed by atoms with E-state index in [1.54, 1.807) is 0 Å². The quantitative estimate of drug-likeness (QED) is 0.788. The van der Waals surface area contributed by atoms with Crippen molar-refractivity contribution in [1.82, 2.24) is 10.2 Å². The van der Waals surface area contributed by atoms with Crippen LogP contribution in [-0.4, -0.2) is 10.2 Å². The Morgan fingerprint density at radius 2 is 1.72 bits per heavy atom. The minimum Gasteiger partial charge on any atom is -0.280 e. The Labute approximate surface area is 107 Å². The molecule has 2 aromatic rings. The molecule has 0 aliphatic carbocycles. The number of aromatic nitrogens is 2. The summed E-state index contributed by atoms with van der Waals surface area (Å²) in [7, 11) is 0. The van der Waals surface area contributed by atoms with Crippen LogP contribution in [0.5, 0.6) is 0 Å². The fourth-order valence-electron chi connectivity index (χ4n) is 1.73. The van der Waals surface area contributed by atoms with Crippen molar-refractivity contribution in [3.63, 3.8) is 0 Å². The first-order chi connectivity index (χ1) is 8.58. The molecule has 2 rings (SSSR count).